The smallest absolute Gasteiger partial charge is 0.124 e. The molecule has 18 heavy (non-hydrogen) atoms. The number of aromatic nitrogens is 1. The predicted octanol–water partition coefficient (Wildman–Crippen LogP) is 2.92. The van der Waals surface area contributed by atoms with Crippen LogP contribution in [0.3, 0.4) is 0 Å². The summed E-state index contributed by atoms with van der Waals surface area (Å²) in [6, 6.07) is 9.81. The number of ether oxygens (including phenoxy) is 1. The van der Waals surface area contributed by atoms with Gasteiger partial charge in [0.15, 0.2) is 0 Å². The Bertz CT molecular complexity index is 541. The van der Waals surface area contributed by atoms with Crippen molar-refractivity contribution in [3.05, 3.63) is 36.5 Å². The molecule has 0 saturated heterocycles. The molecule has 1 N–H and O–H groups in total. The fourth-order valence-corrected chi connectivity index (χ4v) is 2.52. The second kappa shape index (κ2) is 4.94. The molecule has 1 saturated carbocycles. The Hall–Kier alpha value is -1.61. The lowest BCUT2D eigenvalue weighted by Gasteiger charge is -2.28. The lowest BCUT2D eigenvalue weighted by atomic mass is 9.95. The second-order valence-electron chi connectivity index (χ2n) is 4.87. The van der Waals surface area contributed by atoms with Crippen LogP contribution in [0.1, 0.15) is 25.7 Å². The molecule has 1 aromatic heterocycles. The summed E-state index contributed by atoms with van der Waals surface area (Å²) in [5, 5.41) is 11.0. The van der Waals surface area contributed by atoms with Crippen molar-refractivity contribution < 1.29 is 9.84 Å². The molecule has 2 atom stereocenters. The Labute approximate surface area is 106 Å². The van der Waals surface area contributed by atoms with E-state index in [-0.39, 0.29) is 12.2 Å². The molecule has 3 heteroatoms. The van der Waals surface area contributed by atoms with Gasteiger partial charge in [0.05, 0.1) is 11.6 Å². The van der Waals surface area contributed by atoms with Crippen molar-refractivity contribution >= 4 is 10.9 Å². The number of hydrogen-bond acceptors (Lipinski definition) is 3. The number of hydrogen-bond donors (Lipinski definition) is 1. The van der Waals surface area contributed by atoms with Gasteiger partial charge in [0.2, 0.25) is 0 Å². The standard InChI is InChI=1S/C15H17NO2/c17-14-5-1-2-6-15(14)18-12-7-8-13-11(10-12)4-3-9-16-13/h3-4,7-10,14-15,17H,1-2,5-6H2/t14-,15-/m0/s1. The Balaban J connectivity index is 1.81. The third-order valence-corrected chi connectivity index (χ3v) is 3.53. The number of aliphatic hydroxyl groups is 1. The van der Waals surface area contributed by atoms with Crippen molar-refractivity contribution in [1.82, 2.24) is 4.98 Å². The zero-order valence-corrected chi connectivity index (χ0v) is 10.2. The summed E-state index contributed by atoms with van der Waals surface area (Å²) < 4.78 is 5.90. The normalized spacial score (nSPS) is 24.1. The van der Waals surface area contributed by atoms with Crippen molar-refractivity contribution in [1.29, 1.82) is 0 Å². The van der Waals surface area contributed by atoms with E-state index in [2.05, 4.69) is 4.98 Å². The van der Waals surface area contributed by atoms with E-state index in [1.165, 1.54) is 0 Å². The summed E-state index contributed by atoms with van der Waals surface area (Å²) in [6.45, 7) is 0. The minimum atomic E-state index is -0.330. The average molecular weight is 243 g/mol. The maximum absolute atomic E-state index is 9.91. The molecule has 3 rings (SSSR count). The van der Waals surface area contributed by atoms with E-state index in [9.17, 15) is 5.11 Å². The lowest BCUT2D eigenvalue weighted by Crippen LogP contribution is -2.34. The quantitative estimate of drug-likeness (QED) is 0.881. The highest BCUT2D eigenvalue weighted by atomic mass is 16.5. The molecule has 2 aromatic rings. The summed E-state index contributed by atoms with van der Waals surface area (Å²) in [6.07, 6.45) is 5.41. The van der Waals surface area contributed by atoms with E-state index >= 15 is 0 Å². The van der Waals surface area contributed by atoms with Gasteiger partial charge in [-0.25, -0.2) is 0 Å². The van der Waals surface area contributed by atoms with Gasteiger partial charge in [0, 0.05) is 11.6 Å². The fourth-order valence-electron chi connectivity index (χ4n) is 2.52. The average Bonchev–Trinajstić information content (AvgIpc) is 2.41. The van der Waals surface area contributed by atoms with E-state index in [4.69, 9.17) is 4.74 Å². The van der Waals surface area contributed by atoms with Crippen molar-refractivity contribution in [2.75, 3.05) is 0 Å². The number of pyridine rings is 1. The molecule has 0 spiro atoms. The third kappa shape index (κ3) is 2.31. The van der Waals surface area contributed by atoms with Crippen LogP contribution < -0.4 is 4.74 Å². The molecule has 1 fully saturated rings. The number of aliphatic hydroxyl groups excluding tert-OH is 1. The van der Waals surface area contributed by atoms with E-state index in [0.717, 1.165) is 42.3 Å². The van der Waals surface area contributed by atoms with Crippen LogP contribution in [0.5, 0.6) is 5.75 Å². The van der Waals surface area contributed by atoms with Gasteiger partial charge in [0.1, 0.15) is 11.9 Å². The molecule has 0 radical (unpaired) electrons. The fraction of sp³-hybridized carbons (Fsp3) is 0.400. The Morgan fingerprint density at radius 2 is 2.06 bits per heavy atom. The SMILES string of the molecule is O[C@H]1CCCC[C@@H]1Oc1ccc2ncccc2c1. The van der Waals surface area contributed by atoms with Crippen LogP contribution in [0.15, 0.2) is 36.5 Å². The highest BCUT2D eigenvalue weighted by molar-refractivity contribution is 5.79. The highest BCUT2D eigenvalue weighted by Crippen LogP contribution is 2.25. The molecule has 0 unspecified atom stereocenters. The molecular formula is C15H17NO2. The molecular weight excluding hydrogens is 226 g/mol. The van der Waals surface area contributed by atoms with Crippen LogP contribution in [0.2, 0.25) is 0 Å². The van der Waals surface area contributed by atoms with Crippen molar-refractivity contribution in [3.8, 4) is 5.75 Å². The first-order valence-corrected chi connectivity index (χ1v) is 6.52. The molecule has 1 aliphatic carbocycles. The number of fused-ring (bicyclic) bond motifs is 1. The lowest BCUT2D eigenvalue weighted by molar-refractivity contribution is 0.00694. The second-order valence-corrected chi connectivity index (χ2v) is 4.87. The van der Waals surface area contributed by atoms with Gasteiger partial charge in [-0.1, -0.05) is 12.5 Å². The summed E-state index contributed by atoms with van der Waals surface area (Å²) in [4.78, 5) is 4.28. The molecule has 94 valence electrons. The minimum Gasteiger partial charge on any atom is -0.488 e. The highest BCUT2D eigenvalue weighted by Gasteiger charge is 2.24. The van der Waals surface area contributed by atoms with Crippen LogP contribution in [0, 0.1) is 0 Å². The summed E-state index contributed by atoms with van der Waals surface area (Å²) in [7, 11) is 0. The predicted molar refractivity (Wildman–Crippen MR) is 70.6 cm³/mol. The summed E-state index contributed by atoms with van der Waals surface area (Å²) >= 11 is 0. The first kappa shape index (κ1) is 11.5. The van der Waals surface area contributed by atoms with Gasteiger partial charge in [-0.15, -0.1) is 0 Å². The molecule has 1 aromatic carbocycles. The van der Waals surface area contributed by atoms with E-state index < -0.39 is 0 Å². The number of rotatable bonds is 2. The molecule has 1 heterocycles. The van der Waals surface area contributed by atoms with E-state index in [1.807, 2.05) is 30.3 Å². The molecule has 0 amide bonds. The molecule has 0 bridgehead atoms. The first-order chi connectivity index (χ1) is 8.83. The summed E-state index contributed by atoms with van der Waals surface area (Å²) in [5.41, 5.74) is 0.967. The van der Waals surface area contributed by atoms with Crippen LogP contribution in [0.4, 0.5) is 0 Å². The molecule has 0 aliphatic heterocycles. The van der Waals surface area contributed by atoms with E-state index in [1.54, 1.807) is 6.20 Å². The van der Waals surface area contributed by atoms with E-state index in [0.29, 0.717) is 0 Å². The van der Waals surface area contributed by atoms with Gasteiger partial charge < -0.3 is 9.84 Å². The van der Waals surface area contributed by atoms with Crippen LogP contribution in [-0.2, 0) is 0 Å². The maximum Gasteiger partial charge on any atom is 0.124 e. The van der Waals surface area contributed by atoms with Gasteiger partial charge in [-0.3, -0.25) is 4.98 Å². The summed E-state index contributed by atoms with van der Waals surface area (Å²) in [5.74, 6) is 0.821. The van der Waals surface area contributed by atoms with Crippen molar-refractivity contribution in [3.63, 3.8) is 0 Å². The Morgan fingerprint density at radius 1 is 1.17 bits per heavy atom. The Kier molecular flexibility index (Phi) is 3.15. The van der Waals surface area contributed by atoms with Gasteiger partial charge in [-0.2, -0.15) is 0 Å². The van der Waals surface area contributed by atoms with Crippen LogP contribution >= 0.6 is 0 Å². The van der Waals surface area contributed by atoms with Crippen LogP contribution in [0.25, 0.3) is 10.9 Å². The van der Waals surface area contributed by atoms with Gasteiger partial charge in [0.25, 0.3) is 0 Å². The molecule has 1 aliphatic rings. The Morgan fingerprint density at radius 3 is 2.94 bits per heavy atom. The largest absolute Gasteiger partial charge is 0.488 e. The molecule has 3 nitrogen and oxygen atoms in total. The van der Waals surface area contributed by atoms with Gasteiger partial charge in [-0.05, 0) is 43.5 Å². The van der Waals surface area contributed by atoms with Gasteiger partial charge >= 0.3 is 0 Å². The first-order valence-electron chi connectivity index (χ1n) is 6.52. The third-order valence-electron chi connectivity index (χ3n) is 3.53. The maximum atomic E-state index is 9.91. The monoisotopic (exact) mass is 243 g/mol. The zero-order valence-electron chi connectivity index (χ0n) is 10.2. The number of benzene rings is 1. The topological polar surface area (TPSA) is 42.4 Å². The minimum absolute atomic E-state index is 0.0622. The van der Waals surface area contributed by atoms with Crippen molar-refractivity contribution in [2.45, 2.75) is 37.9 Å². The van der Waals surface area contributed by atoms with Crippen molar-refractivity contribution in [2.24, 2.45) is 0 Å². The zero-order chi connectivity index (χ0) is 12.4. The number of nitrogens with zero attached hydrogens (tertiary/aromatic N) is 1. The van der Waals surface area contributed by atoms with Crippen LogP contribution in [-0.4, -0.2) is 22.3 Å².